The number of hydrogen-bond acceptors (Lipinski definition) is 3. The maximum Gasteiger partial charge on any atom is 0.253 e. The Bertz CT molecular complexity index is 676. The van der Waals surface area contributed by atoms with Gasteiger partial charge in [0.15, 0.2) is 0 Å². The van der Waals surface area contributed by atoms with Gasteiger partial charge in [0.25, 0.3) is 5.91 Å². The molecule has 2 aromatic rings. The summed E-state index contributed by atoms with van der Waals surface area (Å²) in [7, 11) is 0. The second-order valence-electron chi connectivity index (χ2n) is 4.41. The van der Waals surface area contributed by atoms with Gasteiger partial charge < -0.3 is 16.4 Å². The third-order valence-electron chi connectivity index (χ3n) is 2.82. The molecule has 0 fully saturated rings. The normalized spacial score (nSPS) is 10.2. The minimum atomic E-state index is -0.154. The Labute approximate surface area is 136 Å². The molecule has 0 aromatic heterocycles. The van der Waals surface area contributed by atoms with Gasteiger partial charge in [-0.25, -0.2) is 0 Å². The smallest absolute Gasteiger partial charge is 0.253 e. The van der Waals surface area contributed by atoms with E-state index in [4.69, 9.17) is 17.3 Å². The minimum absolute atomic E-state index is 0.154. The van der Waals surface area contributed by atoms with Crippen molar-refractivity contribution in [1.82, 2.24) is 5.32 Å². The second kappa shape index (κ2) is 6.83. The first-order chi connectivity index (χ1) is 10.0. The van der Waals surface area contributed by atoms with Gasteiger partial charge in [0, 0.05) is 21.7 Å². The number of carbonyl (C=O) groups excluding carboxylic acids is 1. The van der Waals surface area contributed by atoms with Crippen LogP contribution in [0.3, 0.4) is 0 Å². The molecular formula is C15H15BrClN3O. The predicted molar refractivity (Wildman–Crippen MR) is 91.3 cm³/mol. The molecular weight excluding hydrogens is 354 g/mol. The molecule has 0 aliphatic heterocycles. The monoisotopic (exact) mass is 367 g/mol. The zero-order valence-electron chi connectivity index (χ0n) is 11.4. The molecule has 110 valence electrons. The molecule has 4 N–H and O–H groups in total. The number of hydrogen-bond donors (Lipinski definition) is 3. The lowest BCUT2D eigenvalue weighted by molar-refractivity contribution is 0.0956. The summed E-state index contributed by atoms with van der Waals surface area (Å²) in [5.74, 6) is -0.154. The lowest BCUT2D eigenvalue weighted by Crippen LogP contribution is -2.23. The van der Waals surface area contributed by atoms with Crippen LogP contribution in [0, 0.1) is 0 Å². The Hall–Kier alpha value is -1.72. The molecule has 0 saturated carbocycles. The van der Waals surface area contributed by atoms with Crippen LogP contribution in [-0.2, 0) is 0 Å². The van der Waals surface area contributed by atoms with E-state index in [0.717, 1.165) is 10.2 Å². The summed E-state index contributed by atoms with van der Waals surface area (Å²) in [4.78, 5) is 12.1. The van der Waals surface area contributed by atoms with Gasteiger partial charge in [0.2, 0.25) is 0 Å². The summed E-state index contributed by atoms with van der Waals surface area (Å²) < 4.78 is 0.844. The van der Waals surface area contributed by atoms with E-state index in [-0.39, 0.29) is 5.91 Å². The topological polar surface area (TPSA) is 67.2 Å². The van der Waals surface area contributed by atoms with Gasteiger partial charge in [-0.1, -0.05) is 11.6 Å². The average Bonchev–Trinajstić information content (AvgIpc) is 2.43. The van der Waals surface area contributed by atoms with Crippen molar-refractivity contribution in [1.29, 1.82) is 0 Å². The summed E-state index contributed by atoms with van der Waals surface area (Å²) in [5.41, 5.74) is 8.30. The van der Waals surface area contributed by atoms with Crippen LogP contribution in [-0.4, -0.2) is 12.5 Å². The third-order valence-corrected chi connectivity index (χ3v) is 3.75. The van der Waals surface area contributed by atoms with E-state index in [9.17, 15) is 4.79 Å². The zero-order valence-corrected chi connectivity index (χ0v) is 13.8. The number of benzene rings is 2. The fourth-order valence-corrected chi connectivity index (χ4v) is 2.38. The molecule has 0 heterocycles. The average molecular weight is 369 g/mol. The van der Waals surface area contributed by atoms with Crippen LogP contribution < -0.4 is 16.4 Å². The van der Waals surface area contributed by atoms with Gasteiger partial charge in [-0.3, -0.25) is 4.79 Å². The molecule has 0 bridgehead atoms. The first kappa shape index (κ1) is 15.7. The van der Waals surface area contributed by atoms with E-state index < -0.39 is 0 Å². The number of carbonyl (C=O) groups is 1. The van der Waals surface area contributed by atoms with E-state index in [2.05, 4.69) is 26.6 Å². The highest BCUT2D eigenvalue weighted by Gasteiger charge is 2.12. The van der Waals surface area contributed by atoms with Crippen molar-refractivity contribution >= 4 is 50.5 Å². The molecule has 4 nitrogen and oxygen atoms in total. The minimum Gasteiger partial charge on any atom is -0.399 e. The van der Waals surface area contributed by atoms with Gasteiger partial charge in [0.1, 0.15) is 0 Å². The summed E-state index contributed by atoms with van der Waals surface area (Å²) in [5, 5.41) is 6.57. The Morgan fingerprint density at radius 1 is 1.24 bits per heavy atom. The molecule has 0 spiro atoms. The van der Waals surface area contributed by atoms with E-state index in [1.807, 2.05) is 13.0 Å². The Balaban J connectivity index is 2.40. The van der Waals surface area contributed by atoms with Crippen LogP contribution in [0.1, 0.15) is 17.3 Å². The van der Waals surface area contributed by atoms with Crippen LogP contribution >= 0.6 is 27.5 Å². The number of nitrogens with one attached hydrogen (secondary N) is 2. The van der Waals surface area contributed by atoms with Crippen LogP contribution in [0.25, 0.3) is 0 Å². The highest BCUT2D eigenvalue weighted by Crippen LogP contribution is 2.31. The number of rotatable bonds is 4. The molecule has 0 aliphatic carbocycles. The second-order valence-corrected chi connectivity index (χ2v) is 5.70. The number of nitrogen functional groups attached to an aromatic ring is 1. The van der Waals surface area contributed by atoms with Gasteiger partial charge >= 0.3 is 0 Å². The fraction of sp³-hybridized carbons (Fsp3) is 0.133. The molecule has 2 rings (SSSR count). The Morgan fingerprint density at radius 3 is 2.71 bits per heavy atom. The van der Waals surface area contributed by atoms with E-state index in [1.54, 1.807) is 30.3 Å². The summed E-state index contributed by atoms with van der Waals surface area (Å²) in [6, 6.07) is 10.5. The van der Waals surface area contributed by atoms with E-state index in [0.29, 0.717) is 28.5 Å². The van der Waals surface area contributed by atoms with Crippen LogP contribution in [0.4, 0.5) is 17.1 Å². The van der Waals surface area contributed by atoms with Gasteiger partial charge in [0.05, 0.1) is 16.9 Å². The molecule has 21 heavy (non-hydrogen) atoms. The van der Waals surface area contributed by atoms with Crippen molar-refractivity contribution in [2.24, 2.45) is 0 Å². The summed E-state index contributed by atoms with van der Waals surface area (Å²) >= 11 is 9.45. The molecule has 0 atom stereocenters. The zero-order chi connectivity index (χ0) is 15.4. The van der Waals surface area contributed by atoms with Crippen molar-refractivity contribution in [3.63, 3.8) is 0 Å². The van der Waals surface area contributed by atoms with Crippen molar-refractivity contribution in [3.05, 3.63) is 51.5 Å². The maximum absolute atomic E-state index is 12.1. The quantitative estimate of drug-likeness (QED) is 0.709. The molecule has 0 unspecified atom stereocenters. The van der Waals surface area contributed by atoms with Gasteiger partial charge in [-0.15, -0.1) is 0 Å². The SMILES string of the molecule is CCNC(=O)c1ccc(N)cc1Nc1cc(Cl)ccc1Br. The number of anilines is 3. The van der Waals surface area contributed by atoms with Crippen molar-refractivity contribution in [2.75, 3.05) is 17.6 Å². The van der Waals surface area contributed by atoms with Crippen LogP contribution in [0.15, 0.2) is 40.9 Å². The lowest BCUT2D eigenvalue weighted by atomic mass is 10.1. The van der Waals surface area contributed by atoms with Crippen molar-refractivity contribution in [3.8, 4) is 0 Å². The first-order valence-corrected chi connectivity index (χ1v) is 7.58. The summed E-state index contributed by atoms with van der Waals surface area (Å²) in [6.45, 7) is 2.43. The molecule has 1 amide bonds. The number of amides is 1. The van der Waals surface area contributed by atoms with Crippen molar-refractivity contribution in [2.45, 2.75) is 6.92 Å². The molecule has 0 aliphatic rings. The van der Waals surface area contributed by atoms with E-state index in [1.165, 1.54) is 0 Å². The highest BCUT2D eigenvalue weighted by atomic mass is 79.9. The Morgan fingerprint density at radius 2 is 2.00 bits per heavy atom. The maximum atomic E-state index is 12.1. The van der Waals surface area contributed by atoms with Crippen LogP contribution in [0.5, 0.6) is 0 Å². The number of halogens is 2. The molecule has 0 radical (unpaired) electrons. The molecule has 0 saturated heterocycles. The standard InChI is InChI=1S/C15H15BrClN3O/c1-2-19-15(21)11-5-4-10(18)8-13(11)20-14-7-9(17)3-6-12(14)16/h3-8,20H,2,18H2,1H3,(H,19,21). The molecule has 2 aromatic carbocycles. The Kier molecular flexibility index (Phi) is 5.09. The predicted octanol–water partition coefficient (Wildman–Crippen LogP) is 4.18. The lowest BCUT2D eigenvalue weighted by Gasteiger charge is -2.14. The highest BCUT2D eigenvalue weighted by molar-refractivity contribution is 9.10. The van der Waals surface area contributed by atoms with Gasteiger partial charge in [-0.05, 0) is 59.3 Å². The molecule has 6 heteroatoms. The first-order valence-electron chi connectivity index (χ1n) is 6.41. The third kappa shape index (κ3) is 3.89. The van der Waals surface area contributed by atoms with E-state index >= 15 is 0 Å². The van der Waals surface area contributed by atoms with Gasteiger partial charge in [-0.2, -0.15) is 0 Å². The number of nitrogens with two attached hydrogens (primary N) is 1. The van der Waals surface area contributed by atoms with Crippen molar-refractivity contribution < 1.29 is 4.79 Å². The summed E-state index contributed by atoms with van der Waals surface area (Å²) in [6.07, 6.45) is 0. The fourth-order valence-electron chi connectivity index (χ4n) is 1.86. The van der Waals surface area contributed by atoms with Crippen LogP contribution in [0.2, 0.25) is 5.02 Å². The largest absolute Gasteiger partial charge is 0.399 e.